The Bertz CT molecular complexity index is 3100. The third-order valence-electron chi connectivity index (χ3n) is 11.4. The predicted molar refractivity (Wildman–Crippen MR) is 239 cm³/mol. The van der Waals surface area contributed by atoms with Crippen LogP contribution in [-0.4, -0.2) is 0 Å². The summed E-state index contributed by atoms with van der Waals surface area (Å²) in [7, 11) is 0. The van der Waals surface area contributed by atoms with Crippen LogP contribution in [0.15, 0.2) is 217 Å². The van der Waals surface area contributed by atoms with Crippen LogP contribution in [0.2, 0.25) is 0 Å². The van der Waals surface area contributed by atoms with E-state index in [9.17, 15) is 5.21 Å². The minimum Gasteiger partial charge on any atom is -0.623 e. The Labute approximate surface area is 336 Å². The number of rotatable bonds is 7. The van der Waals surface area contributed by atoms with Crippen molar-refractivity contribution in [1.29, 1.82) is 0 Å². The highest BCUT2D eigenvalue weighted by Gasteiger charge is 2.31. The largest absolute Gasteiger partial charge is 0.623 e. The second-order valence-electron chi connectivity index (χ2n) is 14.8. The van der Waals surface area contributed by atoms with Gasteiger partial charge in [0.05, 0.1) is 5.56 Å². The van der Waals surface area contributed by atoms with Crippen molar-refractivity contribution < 1.29 is 9.48 Å². The van der Waals surface area contributed by atoms with Crippen molar-refractivity contribution in [2.45, 2.75) is 0 Å². The molecule has 0 aliphatic carbocycles. The molecular formula is C54H36N2O2. The average Bonchev–Trinajstić information content (AvgIpc) is 3.81. The predicted octanol–water partition coefficient (Wildman–Crippen LogP) is 14.1. The molecule has 0 bridgehead atoms. The summed E-state index contributed by atoms with van der Waals surface area (Å²) >= 11 is 0. The first-order valence-electron chi connectivity index (χ1n) is 19.6. The number of hydrogen-bond donors (Lipinski definition) is 1. The summed E-state index contributed by atoms with van der Waals surface area (Å²) in [6, 6.07) is 73.9. The lowest BCUT2D eigenvalue weighted by Gasteiger charge is -2.26. The van der Waals surface area contributed by atoms with Crippen molar-refractivity contribution in [2.75, 3.05) is 4.90 Å². The van der Waals surface area contributed by atoms with Crippen LogP contribution in [0.25, 0.3) is 77.6 Å². The molecule has 0 fully saturated rings. The van der Waals surface area contributed by atoms with Gasteiger partial charge in [0, 0.05) is 51.1 Å². The molecule has 58 heavy (non-hydrogen) atoms. The molecule has 1 atom stereocenters. The molecule has 1 unspecified atom stereocenters. The topological polar surface area (TPSA) is 43.9 Å². The maximum atomic E-state index is 13.8. The van der Waals surface area contributed by atoms with Crippen molar-refractivity contribution in [3.63, 3.8) is 0 Å². The van der Waals surface area contributed by atoms with Gasteiger partial charge in [0.2, 0.25) is 0 Å². The molecule has 4 heteroatoms. The third-order valence-corrected chi connectivity index (χ3v) is 11.4. The first-order chi connectivity index (χ1) is 28.7. The van der Waals surface area contributed by atoms with E-state index in [1.807, 2.05) is 48.5 Å². The van der Waals surface area contributed by atoms with Crippen molar-refractivity contribution in [2.24, 2.45) is 0 Å². The first-order valence-corrected chi connectivity index (χ1v) is 19.6. The van der Waals surface area contributed by atoms with Crippen molar-refractivity contribution in [3.8, 4) is 55.6 Å². The van der Waals surface area contributed by atoms with Crippen molar-refractivity contribution in [3.05, 3.63) is 218 Å². The Balaban J connectivity index is 1.02. The Morgan fingerprint density at radius 2 is 0.810 bits per heavy atom. The van der Waals surface area contributed by atoms with E-state index in [0.717, 1.165) is 100 Å². The molecule has 0 saturated carbocycles. The molecule has 2 heterocycles. The highest BCUT2D eigenvalue weighted by atomic mass is 16.5. The summed E-state index contributed by atoms with van der Waals surface area (Å²) in [4.78, 5) is 2.29. The fraction of sp³-hybridized carbons (Fsp3) is 0. The highest BCUT2D eigenvalue weighted by Crippen LogP contribution is 2.46. The Hall–Kier alpha value is -7.50. The second kappa shape index (κ2) is 13.9. The third kappa shape index (κ3) is 5.79. The maximum absolute atomic E-state index is 13.8. The molecule has 10 aromatic rings. The average molecular weight is 745 g/mol. The molecule has 0 saturated heterocycles. The van der Waals surface area contributed by atoms with Gasteiger partial charge in [-0.05, 0) is 106 Å². The summed E-state index contributed by atoms with van der Waals surface area (Å²) in [5.41, 5.74) is 17.0. The standard InChI is InChI=1S/C54H36N2O2/c57-56-51-19-11-10-18-46(51)50-33-42(32-49(54(50)56)40-16-8-3-9-17-40)39-22-27-44(28-23-39)55(43-25-20-38(21-26-43)36-12-4-1-5-13-36)45-29-31-48-47-30-24-41(37-14-6-2-7-15-37)34-52(47)58-53(48)35-45/h1-35,56H. The number of quaternary nitrogens is 1. The van der Waals surface area contributed by atoms with E-state index in [2.05, 4.69) is 169 Å². The SMILES string of the molecule is [O-][NH+]1c2ccccc2-c2cc(-c3ccc(N(c4ccc(-c5ccccc5)cc4)c4ccc5c(c4)oc4cc(-c6ccccc6)ccc45)cc3)cc(-c3ccccc3)c21. The summed E-state index contributed by atoms with van der Waals surface area (Å²) < 4.78 is 6.60. The number of benzene rings is 9. The quantitative estimate of drug-likeness (QED) is 0.165. The lowest BCUT2D eigenvalue weighted by molar-refractivity contribution is -0.693. The molecule has 1 N–H and O–H groups in total. The number of para-hydroxylation sites is 1. The molecular weight excluding hydrogens is 709 g/mol. The highest BCUT2D eigenvalue weighted by molar-refractivity contribution is 6.07. The first kappa shape index (κ1) is 33.8. The minimum atomic E-state index is 0.0818. The zero-order valence-electron chi connectivity index (χ0n) is 31.5. The molecule has 274 valence electrons. The summed E-state index contributed by atoms with van der Waals surface area (Å²) in [5.74, 6) is 0. The van der Waals surface area contributed by atoms with Gasteiger partial charge in [0.15, 0.2) is 5.69 Å². The van der Waals surface area contributed by atoms with Gasteiger partial charge in [-0.25, -0.2) is 0 Å². The van der Waals surface area contributed by atoms with Crippen LogP contribution < -0.4 is 9.96 Å². The number of hydrogen-bond acceptors (Lipinski definition) is 3. The van der Waals surface area contributed by atoms with E-state index in [4.69, 9.17) is 4.42 Å². The van der Waals surface area contributed by atoms with Gasteiger partial charge in [-0.2, -0.15) is 0 Å². The van der Waals surface area contributed by atoms with Crippen LogP contribution in [0.4, 0.5) is 28.4 Å². The summed E-state index contributed by atoms with van der Waals surface area (Å²) in [6.07, 6.45) is 0. The summed E-state index contributed by atoms with van der Waals surface area (Å²) in [5, 5.41) is 16.1. The zero-order chi connectivity index (χ0) is 38.6. The van der Waals surface area contributed by atoms with Gasteiger partial charge in [0.1, 0.15) is 16.9 Å². The number of nitrogens with zero attached hydrogens (tertiary/aromatic N) is 1. The van der Waals surface area contributed by atoms with Crippen molar-refractivity contribution in [1.82, 2.24) is 0 Å². The Morgan fingerprint density at radius 1 is 0.345 bits per heavy atom. The van der Waals surface area contributed by atoms with Crippen molar-refractivity contribution >= 4 is 50.4 Å². The molecule has 0 radical (unpaired) electrons. The fourth-order valence-electron chi connectivity index (χ4n) is 8.56. The van der Waals surface area contributed by atoms with E-state index in [-0.39, 0.29) is 5.06 Å². The van der Waals surface area contributed by atoms with Gasteiger partial charge in [-0.1, -0.05) is 133 Å². The summed E-state index contributed by atoms with van der Waals surface area (Å²) in [6.45, 7) is 0. The number of furan rings is 1. The molecule has 4 nitrogen and oxygen atoms in total. The molecule has 1 aliphatic heterocycles. The second-order valence-corrected chi connectivity index (χ2v) is 14.8. The lowest BCUT2D eigenvalue weighted by Crippen LogP contribution is -2.95. The van der Waals surface area contributed by atoms with E-state index in [1.54, 1.807) is 0 Å². The number of anilines is 3. The normalized spacial score (nSPS) is 13.1. The fourth-order valence-corrected chi connectivity index (χ4v) is 8.56. The van der Waals surface area contributed by atoms with Crippen LogP contribution in [-0.2, 0) is 0 Å². The molecule has 1 aromatic heterocycles. The number of fused-ring (bicyclic) bond motifs is 6. The Morgan fingerprint density at radius 3 is 1.47 bits per heavy atom. The van der Waals surface area contributed by atoms with Crippen LogP contribution in [0, 0.1) is 5.21 Å². The van der Waals surface area contributed by atoms with Gasteiger partial charge in [-0.15, -0.1) is 0 Å². The van der Waals surface area contributed by atoms with Crippen LogP contribution in [0.1, 0.15) is 0 Å². The molecule has 1 aliphatic rings. The van der Waals surface area contributed by atoms with Crippen LogP contribution >= 0.6 is 0 Å². The zero-order valence-corrected chi connectivity index (χ0v) is 31.5. The monoisotopic (exact) mass is 744 g/mol. The maximum Gasteiger partial charge on any atom is 0.152 e. The molecule has 9 aromatic carbocycles. The van der Waals surface area contributed by atoms with Crippen LogP contribution in [0.3, 0.4) is 0 Å². The van der Waals surface area contributed by atoms with E-state index >= 15 is 0 Å². The molecule has 0 amide bonds. The lowest BCUT2D eigenvalue weighted by atomic mass is 9.92. The number of nitrogens with one attached hydrogen (secondary N) is 1. The van der Waals surface area contributed by atoms with E-state index in [0.29, 0.717) is 0 Å². The van der Waals surface area contributed by atoms with Gasteiger partial charge < -0.3 is 19.6 Å². The van der Waals surface area contributed by atoms with Crippen LogP contribution in [0.5, 0.6) is 0 Å². The molecule has 0 spiro atoms. The minimum absolute atomic E-state index is 0.0818. The van der Waals surface area contributed by atoms with E-state index in [1.165, 1.54) is 5.56 Å². The molecule has 11 rings (SSSR count). The smallest absolute Gasteiger partial charge is 0.152 e. The van der Waals surface area contributed by atoms with Gasteiger partial charge in [-0.3, -0.25) is 0 Å². The van der Waals surface area contributed by atoms with Gasteiger partial charge in [0.25, 0.3) is 0 Å². The van der Waals surface area contributed by atoms with Gasteiger partial charge >= 0.3 is 0 Å². The Kier molecular flexibility index (Phi) is 8.11. The van der Waals surface area contributed by atoms with E-state index < -0.39 is 0 Å².